The van der Waals surface area contributed by atoms with Crippen molar-refractivity contribution in [3.8, 4) is 17.1 Å². The fourth-order valence-electron chi connectivity index (χ4n) is 4.09. The maximum absolute atomic E-state index is 12.3. The highest BCUT2D eigenvalue weighted by Crippen LogP contribution is 2.34. The van der Waals surface area contributed by atoms with Gasteiger partial charge >= 0.3 is 12.1 Å². The first kappa shape index (κ1) is 22.0. The molecule has 2 aliphatic rings. The number of hydrogen-bond donors (Lipinski definition) is 2. The molecule has 1 unspecified atom stereocenters. The number of carboxylic acids is 1. The molecule has 0 radical (unpaired) electrons. The number of rotatable bonds is 7. The number of anilines is 1. The second-order valence-corrected chi connectivity index (χ2v) is 8.70. The number of carboxylic acid groups (broad SMARTS) is 1. The number of amides is 1. The lowest BCUT2D eigenvalue weighted by Gasteiger charge is -2.27. The topological polar surface area (TPSA) is 128 Å². The van der Waals surface area contributed by atoms with Crippen LogP contribution >= 0.6 is 0 Å². The zero-order valence-electron chi connectivity index (χ0n) is 18.6. The van der Waals surface area contributed by atoms with E-state index in [0.29, 0.717) is 47.4 Å². The van der Waals surface area contributed by atoms with Gasteiger partial charge in [-0.1, -0.05) is 5.21 Å². The summed E-state index contributed by atoms with van der Waals surface area (Å²) < 4.78 is 13.0. The third-order valence-electron chi connectivity index (χ3n) is 6.17. The van der Waals surface area contributed by atoms with Gasteiger partial charge < -0.3 is 14.6 Å². The van der Waals surface area contributed by atoms with Crippen LogP contribution in [0.5, 0.6) is 5.75 Å². The van der Waals surface area contributed by atoms with Crippen molar-refractivity contribution in [2.24, 2.45) is 18.9 Å². The summed E-state index contributed by atoms with van der Waals surface area (Å²) in [6, 6.07) is 3.56. The molecule has 4 rings (SSSR count). The van der Waals surface area contributed by atoms with Crippen LogP contribution in [0.25, 0.3) is 11.4 Å². The van der Waals surface area contributed by atoms with Crippen LogP contribution in [0, 0.1) is 18.8 Å². The van der Waals surface area contributed by atoms with Crippen molar-refractivity contribution in [3.05, 3.63) is 17.8 Å². The summed E-state index contributed by atoms with van der Waals surface area (Å²) in [5.74, 6) is 0.320. The molecule has 2 aliphatic carbocycles. The molecule has 3 atom stereocenters. The van der Waals surface area contributed by atoms with Gasteiger partial charge in [0.15, 0.2) is 11.5 Å². The van der Waals surface area contributed by atoms with E-state index in [1.54, 1.807) is 19.2 Å². The summed E-state index contributed by atoms with van der Waals surface area (Å²) in [5.41, 5.74) is 1.63. The van der Waals surface area contributed by atoms with Gasteiger partial charge in [-0.15, -0.1) is 5.10 Å². The minimum Gasteiger partial charge on any atom is -0.489 e. The molecule has 1 amide bonds. The Kier molecular flexibility index (Phi) is 6.29. The number of carbonyl (C=O) groups is 2. The van der Waals surface area contributed by atoms with Crippen LogP contribution in [0.15, 0.2) is 12.1 Å². The Morgan fingerprint density at radius 2 is 2.03 bits per heavy atom. The molecule has 32 heavy (non-hydrogen) atoms. The van der Waals surface area contributed by atoms with Crippen LogP contribution < -0.4 is 10.1 Å². The summed E-state index contributed by atoms with van der Waals surface area (Å²) in [6.07, 6.45) is 4.19. The number of pyridine rings is 1. The van der Waals surface area contributed by atoms with Crippen molar-refractivity contribution in [1.29, 1.82) is 0 Å². The lowest BCUT2D eigenvalue weighted by Crippen LogP contribution is -2.29. The summed E-state index contributed by atoms with van der Waals surface area (Å²) in [7, 11) is 1.68. The predicted molar refractivity (Wildman–Crippen MR) is 115 cm³/mol. The largest absolute Gasteiger partial charge is 0.489 e. The number of carbonyl (C=O) groups excluding carboxylic acids is 1. The maximum Gasteiger partial charge on any atom is 0.413 e. The first-order valence-corrected chi connectivity index (χ1v) is 11.1. The molecule has 10 nitrogen and oxygen atoms in total. The van der Waals surface area contributed by atoms with Gasteiger partial charge in [-0.05, 0) is 70.4 Å². The van der Waals surface area contributed by atoms with Gasteiger partial charge in [-0.3, -0.25) is 10.1 Å². The van der Waals surface area contributed by atoms with Crippen molar-refractivity contribution >= 4 is 17.9 Å². The van der Waals surface area contributed by atoms with Crippen LogP contribution in [-0.4, -0.2) is 49.4 Å². The van der Waals surface area contributed by atoms with Crippen LogP contribution in [0.1, 0.15) is 51.1 Å². The van der Waals surface area contributed by atoms with Gasteiger partial charge in [-0.2, -0.15) is 0 Å². The van der Waals surface area contributed by atoms with Gasteiger partial charge in [0, 0.05) is 7.05 Å². The molecule has 0 saturated heterocycles. The Bertz CT molecular complexity index is 1000. The van der Waals surface area contributed by atoms with Gasteiger partial charge in [0.1, 0.15) is 11.9 Å². The molecule has 0 aromatic carbocycles. The van der Waals surface area contributed by atoms with E-state index in [1.807, 2.05) is 13.8 Å². The predicted octanol–water partition coefficient (Wildman–Crippen LogP) is 3.55. The lowest BCUT2D eigenvalue weighted by molar-refractivity contribution is -0.143. The highest BCUT2D eigenvalue weighted by molar-refractivity contribution is 5.88. The Morgan fingerprint density at radius 1 is 1.25 bits per heavy atom. The minimum absolute atomic E-state index is 0.128. The van der Waals surface area contributed by atoms with E-state index in [2.05, 4.69) is 20.6 Å². The molecular formula is C22H29N5O5. The molecule has 2 aromatic heterocycles. The quantitative estimate of drug-likeness (QED) is 0.665. The first-order chi connectivity index (χ1) is 15.3. The molecule has 2 fully saturated rings. The summed E-state index contributed by atoms with van der Waals surface area (Å²) in [5, 5.41) is 20.2. The first-order valence-electron chi connectivity index (χ1n) is 11.1. The standard InChI is InChI=1S/C22H29N5O5/c1-12-18(32-16-6-4-5-15(11-16)21(28)29)10-9-17(23-12)19-20(27(3)26-25-19)24-22(30)31-13(2)14-7-8-14/h9-10,13-16H,4-8,11H2,1-3H3,(H,24,30)(H,28,29)/t13?,15-,16-/m0/s1. The second kappa shape index (κ2) is 9.13. The third-order valence-corrected chi connectivity index (χ3v) is 6.17. The second-order valence-electron chi connectivity index (χ2n) is 8.70. The van der Waals surface area contributed by atoms with Crippen molar-refractivity contribution in [2.75, 3.05) is 5.32 Å². The van der Waals surface area contributed by atoms with Gasteiger partial charge in [0.2, 0.25) is 0 Å². The van der Waals surface area contributed by atoms with Crippen molar-refractivity contribution in [2.45, 2.75) is 64.6 Å². The Labute approximate surface area is 186 Å². The molecule has 0 bridgehead atoms. The number of aryl methyl sites for hydroxylation is 2. The van der Waals surface area contributed by atoms with Crippen LogP contribution in [-0.2, 0) is 16.6 Å². The summed E-state index contributed by atoms with van der Waals surface area (Å²) >= 11 is 0. The minimum atomic E-state index is -0.767. The Morgan fingerprint density at radius 3 is 2.72 bits per heavy atom. The molecular weight excluding hydrogens is 414 g/mol. The Hall–Kier alpha value is -3.17. The zero-order chi connectivity index (χ0) is 22.8. The average molecular weight is 444 g/mol. The third kappa shape index (κ3) is 5.00. The zero-order valence-corrected chi connectivity index (χ0v) is 18.6. The van der Waals surface area contributed by atoms with E-state index in [1.165, 1.54) is 4.68 Å². The monoisotopic (exact) mass is 443 g/mol. The Balaban J connectivity index is 1.46. The normalized spacial score (nSPS) is 21.6. The van der Waals surface area contributed by atoms with Crippen molar-refractivity contribution in [1.82, 2.24) is 20.0 Å². The lowest BCUT2D eigenvalue weighted by atomic mass is 9.87. The van der Waals surface area contributed by atoms with E-state index < -0.39 is 12.1 Å². The number of aliphatic carboxylic acids is 1. The molecule has 10 heteroatoms. The van der Waals surface area contributed by atoms with Crippen molar-refractivity contribution < 1.29 is 24.2 Å². The molecule has 0 aliphatic heterocycles. The van der Waals surface area contributed by atoms with Gasteiger partial charge in [0.25, 0.3) is 0 Å². The van der Waals surface area contributed by atoms with E-state index >= 15 is 0 Å². The molecule has 2 saturated carbocycles. The van der Waals surface area contributed by atoms with E-state index in [-0.39, 0.29) is 18.1 Å². The van der Waals surface area contributed by atoms with Gasteiger partial charge in [-0.25, -0.2) is 14.5 Å². The summed E-state index contributed by atoms with van der Waals surface area (Å²) in [4.78, 5) is 28.2. The van der Waals surface area contributed by atoms with Crippen LogP contribution in [0.3, 0.4) is 0 Å². The summed E-state index contributed by atoms with van der Waals surface area (Å²) in [6.45, 7) is 3.72. The van der Waals surface area contributed by atoms with Gasteiger partial charge in [0.05, 0.1) is 23.4 Å². The number of hydrogen-bond acceptors (Lipinski definition) is 7. The smallest absolute Gasteiger partial charge is 0.413 e. The highest BCUT2D eigenvalue weighted by Gasteiger charge is 2.31. The molecule has 2 aromatic rings. The van der Waals surface area contributed by atoms with Crippen LogP contribution in [0.2, 0.25) is 0 Å². The van der Waals surface area contributed by atoms with E-state index in [9.17, 15) is 14.7 Å². The molecule has 2 N–H and O–H groups in total. The fourth-order valence-corrected chi connectivity index (χ4v) is 4.09. The SMILES string of the molecule is Cc1nc(-c2nnn(C)c2NC(=O)OC(C)C2CC2)ccc1O[C@H]1CCC[C@H](C(=O)O)C1. The van der Waals surface area contributed by atoms with Crippen LogP contribution in [0.4, 0.5) is 10.6 Å². The number of nitrogens with zero attached hydrogens (tertiary/aromatic N) is 4. The highest BCUT2D eigenvalue weighted by atomic mass is 16.6. The van der Waals surface area contributed by atoms with Crippen molar-refractivity contribution in [3.63, 3.8) is 0 Å². The number of ether oxygens (including phenoxy) is 2. The van der Waals surface area contributed by atoms with E-state index in [4.69, 9.17) is 9.47 Å². The maximum atomic E-state index is 12.3. The molecule has 0 spiro atoms. The van der Waals surface area contributed by atoms with E-state index in [0.717, 1.165) is 25.7 Å². The molecule has 172 valence electrons. The average Bonchev–Trinajstić information content (AvgIpc) is 3.55. The number of aromatic nitrogens is 4. The molecule has 2 heterocycles. The number of nitrogens with one attached hydrogen (secondary N) is 1. The fraction of sp³-hybridized carbons (Fsp3) is 0.591.